The number of aromatic nitrogens is 3. The molecular weight excluding hydrogens is 370 g/mol. The molecule has 0 unspecified atom stereocenters. The van der Waals surface area contributed by atoms with Gasteiger partial charge in [0.05, 0.1) is 17.2 Å². The molecule has 4 aromatic rings. The molecule has 0 amide bonds. The number of aryl methyl sites for hydroxylation is 1. The lowest BCUT2D eigenvalue weighted by atomic mass is 10.1. The number of nitrogens with one attached hydrogen (secondary N) is 1. The zero-order chi connectivity index (χ0) is 20.2. The Kier molecular flexibility index (Phi) is 4.98. The first-order valence-electron chi connectivity index (χ1n) is 8.93. The lowest BCUT2D eigenvalue weighted by Gasteiger charge is -2.07. The second-order valence-electron chi connectivity index (χ2n) is 6.45. The van der Waals surface area contributed by atoms with Gasteiger partial charge in [-0.05, 0) is 31.2 Å². The van der Waals surface area contributed by atoms with Gasteiger partial charge < -0.3 is 9.84 Å². The number of hydrogen-bond acceptors (Lipinski definition) is 7. The van der Waals surface area contributed by atoms with Crippen LogP contribution in [0.3, 0.4) is 0 Å². The minimum atomic E-state index is -0.443. The molecule has 0 atom stereocenters. The van der Waals surface area contributed by atoms with Gasteiger partial charge in [-0.1, -0.05) is 41.1 Å². The molecule has 0 aliphatic carbocycles. The monoisotopic (exact) mass is 387 g/mol. The summed E-state index contributed by atoms with van der Waals surface area (Å²) < 4.78 is 5.33. The van der Waals surface area contributed by atoms with Crippen molar-refractivity contribution in [1.82, 2.24) is 15.1 Å². The Morgan fingerprint density at radius 3 is 2.59 bits per heavy atom. The van der Waals surface area contributed by atoms with E-state index in [1.807, 2.05) is 49.4 Å². The molecule has 2 heterocycles. The van der Waals surface area contributed by atoms with Crippen molar-refractivity contribution in [3.63, 3.8) is 0 Å². The van der Waals surface area contributed by atoms with Crippen LogP contribution < -0.4 is 5.32 Å². The second kappa shape index (κ2) is 7.89. The molecular formula is C21H17N5O3. The number of hydrogen-bond donors (Lipinski definition) is 1. The summed E-state index contributed by atoms with van der Waals surface area (Å²) in [5, 5.41) is 18.6. The molecule has 8 heteroatoms. The van der Waals surface area contributed by atoms with Crippen molar-refractivity contribution in [2.24, 2.45) is 0 Å². The van der Waals surface area contributed by atoms with Crippen molar-refractivity contribution in [3.8, 4) is 22.8 Å². The molecule has 29 heavy (non-hydrogen) atoms. The number of nitro groups is 1. The first kappa shape index (κ1) is 18.3. The fraction of sp³-hybridized carbons (Fsp3) is 0.0952. The smallest absolute Gasteiger partial charge is 0.293 e. The average Bonchev–Trinajstić information content (AvgIpc) is 3.23. The molecule has 0 spiro atoms. The molecule has 144 valence electrons. The van der Waals surface area contributed by atoms with Gasteiger partial charge in [-0.3, -0.25) is 15.1 Å². The lowest BCUT2D eigenvalue weighted by Crippen LogP contribution is -2.04. The van der Waals surface area contributed by atoms with Gasteiger partial charge in [0.25, 0.3) is 11.6 Å². The van der Waals surface area contributed by atoms with E-state index >= 15 is 0 Å². The number of pyridine rings is 1. The minimum Gasteiger partial charge on any atom is -0.374 e. The topological polar surface area (TPSA) is 107 Å². The van der Waals surface area contributed by atoms with E-state index in [1.54, 1.807) is 18.3 Å². The zero-order valence-corrected chi connectivity index (χ0v) is 15.6. The van der Waals surface area contributed by atoms with Crippen molar-refractivity contribution in [2.75, 3.05) is 5.32 Å². The zero-order valence-electron chi connectivity index (χ0n) is 15.6. The third kappa shape index (κ3) is 4.11. The fourth-order valence-electron chi connectivity index (χ4n) is 2.81. The molecule has 0 aliphatic heterocycles. The average molecular weight is 387 g/mol. The van der Waals surface area contributed by atoms with E-state index in [0.29, 0.717) is 23.6 Å². The van der Waals surface area contributed by atoms with Crippen LogP contribution in [-0.4, -0.2) is 20.0 Å². The fourth-order valence-corrected chi connectivity index (χ4v) is 2.81. The SMILES string of the molecule is Cc1ccc(-c2noc(-c3ccc(NCc4ccccn4)c([N+](=O)[O-])c3)n2)cc1. The molecule has 1 N–H and O–H groups in total. The Morgan fingerprint density at radius 1 is 1.07 bits per heavy atom. The van der Waals surface area contributed by atoms with E-state index in [9.17, 15) is 10.1 Å². The van der Waals surface area contributed by atoms with E-state index in [1.165, 1.54) is 6.07 Å². The molecule has 8 nitrogen and oxygen atoms in total. The van der Waals surface area contributed by atoms with Crippen LogP contribution >= 0.6 is 0 Å². The van der Waals surface area contributed by atoms with E-state index in [2.05, 4.69) is 20.4 Å². The van der Waals surface area contributed by atoms with E-state index in [0.717, 1.165) is 16.8 Å². The molecule has 0 fully saturated rings. The lowest BCUT2D eigenvalue weighted by molar-refractivity contribution is -0.383. The summed E-state index contributed by atoms with van der Waals surface area (Å²) >= 11 is 0. The number of nitro benzene ring substituents is 1. The van der Waals surface area contributed by atoms with E-state index in [4.69, 9.17) is 4.52 Å². The van der Waals surface area contributed by atoms with Crippen molar-refractivity contribution in [3.05, 3.63) is 88.2 Å². The van der Waals surface area contributed by atoms with Crippen LogP contribution in [0.15, 0.2) is 71.4 Å². The molecule has 2 aromatic carbocycles. The van der Waals surface area contributed by atoms with Gasteiger partial charge in [-0.15, -0.1) is 0 Å². The molecule has 0 aliphatic rings. The van der Waals surface area contributed by atoms with Crippen LogP contribution in [0.5, 0.6) is 0 Å². The quantitative estimate of drug-likeness (QED) is 0.380. The third-order valence-electron chi connectivity index (χ3n) is 4.36. The summed E-state index contributed by atoms with van der Waals surface area (Å²) in [5.74, 6) is 0.653. The summed E-state index contributed by atoms with van der Waals surface area (Å²) in [6, 6.07) is 18.0. The van der Waals surface area contributed by atoms with Crippen LogP contribution in [0.1, 0.15) is 11.3 Å². The number of anilines is 1. The Labute approximate surface area is 166 Å². The van der Waals surface area contributed by atoms with Crippen LogP contribution in [0.25, 0.3) is 22.8 Å². The van der Waals surface area contributed by atoms with Crippen molar-refractivity contribution >= 4 is 11.4 Å². The Bertz CT molecular complexity index is 1140. The summed E-state index contributed by atoms with van der Waals surface area (Å²) in [5.41, 5.74) is 3.52. The normalized spacial score (nSPS) is 10.7. The van der Waals surface area contributed by atoms with Crippen LogP contribution in [0.4, 0.5) is 11.4 Å². The summed E-state index contributed by atoms with van der Waals surface area (Å²) in [4.78, 5) is 19.7. The number of rotatable bonds is 6. The highest BCUT2D eigenvalue weighted by molar-refractivity contribution is 5.70. The number of nitrogens with zero attached hydrogens (tertiary/aromatic N) is 4. The van der Waals surface area contributed by atoms with Crippen molar-refractivity contribution in [2.45, 2.75) is 13.5 Å². The molecule has 0 saturated carbocycles. The summed E-state index contributed by atoms with van der Waals surface area (Å²) in [6.45, 7) is 2.37. The van der Waals surface area contributed by atoms with E-state index in [-0.39, 0.29) is 11.6 Å². The predicted octanol–water partition coefficient (Wildman–Crippen LogP) is 4.63. The molecule has 0 bridgehead atoms. The highest BCUT2D eigenvalue weighted by Crippen LogP contribution is 2.31. The van der Waals surface area contributed by atoms with Gasteiger partial charge in [-0.25, -0.2) is 0 Å². The van der Waals surface area contributed by atoms with Gasteiger partial charge in [-0.2, -0.15) is 4.98 Å². The van der Waals surface area contributed by atoms with Gasteiger partial charge in [0.15, 0.2) is 0 Å². The van der Waals surface area contributed by atoms with Crippen LogP contribution in [-0.2, 0) is 6.54 Å². The first-order chi connectivity index (χ1) is 14.1. The second-order valence-corrected chi connectivity index (χ2v) is 6.45. The van der Waals surface area contributed by atoms with Crippen LogP contribution in [0.2, 0.25) is 0 Å². The molecule has 0 saturated heterocycles. The highest BCUT2D eigenvalue weighted by Gasteiger charge is 2.18. The molecule has 0 radical (unpaired) electrons. The first-order valence-corrected chi connectivity index (χ1v) is 8.93. The third-order valence-corrected chi connectivity index (χ3v) is 4.36. The highest BCUT2D eigenvalue weighted by atomic mass is 16.6. The Morgan fingerprint density at radius 2 is 1.86 bits per heavy atom. The van der Waals surface area contributed by atoms with Gasteiger partial charge in [0.2, 0.25) is 5.82 Å². The maximum atomic E-state index is 11.6. The van der Waals surface area contributed by atoms with Crippen LogP contribution in [0, 0.1) is 17.0 Å². The molecule has 2 aromatic heterocycles. The van der Waals surface area contributed by atoms with Crippen molar-refractivity contribution in [1.29, 1.82) is 0 Å². The van der Waals surface area contributed by atoms with Crippen molar-refractivity contribution < 1.29 is 9.45 Å². The Balaban J connectivity index is 1.59. The maximum absolute atomic E-state index is 11.6. The van der Waals surface area contributed by atoms with E-state index < -0.39 is 4.92 Å². The summed E-state index contributed by atoms with van der Waals surface area (Å²) in [7, 11) is 0. The predicted molar refractivity (Wildman–Crippen MR) is 108 cm³/mol. The van der Waals surface area contributed by atoms with Gasteiger partial charge in [0.1, 0.15) is 5.69 Å². The minimum absolute atomic E-state index is 0.0754. The van der Waals surface area contributed by atoms with Gasteiger partial charge >= 0.3 is 0 Å². The largest absolute Gasteiger partial charge is 0.374 e. The standard InChI is InChI=1S/C21H17N5O3/c1-14-5-7-15(8-6-14)20-24-21(29-25-20)16-9-10-18(19(12-16)26(27)28)23-13-17-4-2-3-11-22-17/h2-12,23H,13H2,1H3. The molecule has 4 rings (SSSR count). The maximum Gasteiger partial charge on any atom is 0.293 e. The summed E-state index contributed by atoms with van der Waals surface area (Å²) in [6.07, 6.45) is 1.68. The number of benzene rings is 2. The Hall–Kier alpha value is -4.07. The van der Waals surface area contributed by atoms with Gasteiger partial charge in [0, 0.05) is 23.4 Å².